The third-order valence-electron chi connectivity index (χ3n) is 5.91. The van der Waals surface area contributed by atoms with Gasteiger partial charge in [-0.15, -0.1) is 22.9 Å². The molecule has 0 unspecified atom stereocenters. The first-order valence-electron chi connectivity index (χ1n) is 12.0. The van der Waals surface area contributed by atoms with Gasteiger partial charge in [0.1, 0.15) is 11.4 Å². The molecule has 1 heterocycles. The molecule has 216 valence electrons. The zero-order valence-corrected chi connectivity index (χ0v) is 23.2. The molecule has 0 fully saturated rings. The Morgan fingerprint density at radius 3 is 2.09 bits per heavy atom. The molecule has 0 amide bonds. The largest absolute Gasteiger partial charge is 0.505 e. The van der Waals surface area contributed by atoms with Gasteiger partial charge in [0.05, 0.1) is 22.5 Å². The van der Waals surface area contributed by atoms with Crippen LogP contribution in [-0.2, 0) is 0 Å². The van der Waals surface area contributed by atoms with Crippen LogP contribution in [0, 0.1) is 0 Å². The minimum Gasteiger partial charge on any atom is -0.505 e. The SMILES string of the molecule is O=C(O)c1ccccc1N=Nc1c(S)cc2cc(SO)cc(Nc3nc(O)nc(Nc4ccccc4C(=O)O)n3)c2c1O. The van der Waals surface area contributed by atoms with Crippen molar-refractivity contribution in [3.63, 3.8) is 0 Å². The summed E-state index contributed by atoms with van der Waals surface area (Å²) in [7, 11) is 0. The highest BCUT2D eigenvalue weighted by atomic mass is 32.2. The molecule has 5 rings (SSSR count). The van der Waals surface area contributed by atoms with Crippen molar-refractivity contribution >= 4 is 82.0 Å². The van der Waals surface area contributed by atoms with Crippen LogP contribution in [0.2, 0.25) is 0 Å². The van der Waals surface area contributed by atoms with Gasteiger partial charge in [0.15, 0.2) is 5.75 Å². The summed E-state index contributed by atoms with van der Waals surface area (Å²) in [6.07, 6.45) is 0. The first-order chi connectivity index (χ1) is 20.6. The Hall–Kier alpha value is -5.45. The maximum absolute atomic E-state index is 11.6. The standard InChI is InChI=1S/C27H19N7O7S2/c35-22-20-12(10-19(42)21(22)34-33-17-8-4-2-6-15(17)24(38)39)9-13(43-41)11-18(20)29-26-30-25(31-27(40)32-26)28-16-7-3-1-5-14(16)23(36)37/h1-11,35,41-42H,(H,36,37)(H,38,39)(H3,28,29,30,31,32,40). The zero-order valence-electron chi connectivity index (χ0n) is 21.5. The molecule has 5 aromatic rings. The van der Waals surface area contributed by atoms with E-state index in [0.717, 1.165) is 0 Å². The predicted octanol–water partition coefficient (Wildman–Crippen LogP) is 6.59. The lowest BCUT2D eigenvalue weighted by Crippen LogP contribution is -2.07. The molecule has 43 heavy (non-hydrogen) atoms. The van der Waals surface area contributed by atoms with Gasteiger partial charge in [-0.25, -0.2) is 9.59 Å². The topological polar surface area (TPSA) is 223 Å². The van der Waals surface area contributed by atoms with Crippen molar-refractivity contribution in [3.8, 4) is 11.8 Å². The van der Waals surface area contributed by atoms with E-state index in [1.54, 1.807) is 36.4 Å². The number of carboxylic acids is 2. The Labute approximate surface area is 251 Å². The van der Waals surface area contributed by atoms with Gasteiger partial charge in [-0.3, -0.25) is 0 Å². The fourth-order valence-electron chi connectivity index (χ4n) is 4.06. The minimum absolute atomic E-state index is 0.0535. The summed E-state index contributed by atoms with van der Waals surface area (Å²) < 4.78 is 9.77. The first-order valence-corrected chi connectivity index (χ1v) is 13.3. The van der Waals surface area contributed by atoms with E-state index < -0.39 is 17.9 Å². The molecule has 0 aliphatic carbocycles. The third kappa shape index (κ3) is 6.25. The van der Waals surface area contributed by atoms with Crippen LogP contribution in [0.15, 0.2) is 86.7 Å². The number of benzene rings is 4. The summed E-state index contributed by atoms with van der Waals surface area (Å²) in [6, 6.07) is 15.9. The van der Waals surface area contributed by atoms with Crippen molar-refractivity contribution in [2.75, 3.05) is 10.6 Å². The number of aromatic nitrogens is 3. The zero-order chi connectivity index (χ0) is 30.7. The number of aromatic carboxylic acids is 2. The van der Waals surface area contributed by atoms with Crippen LogP contribution in [0.4, 0.5) is 34.6 Å². The molecule has 0 bridgehead atoms. The summed E-state index contributed by atoms with van der Waals surface area (Å²) in [5, 5.41) is 54.7. The maximum Gasteiger partial charge on any atom is 0.337 e. The smallest absolute Gasteiger partial charge is 0.337 e. The van der Waals surface area contributed by atoms with Gasteiger partial charge in [0.25, 0.3) is 0 Å². The number of carboxylic acid groups (broad SMARTS) is 2. The monoisotopic (exact) mass is 617 g/mol. The second-order valence-corrected chi connectivity index (χ2v) is 9.79. The van der Waals surface area contributed by atoms with E-state index in [1.807, 2.05) is 0 Å². The number of para-hydroxylation sites is 1. The van der Waals surface area contributed by atoms with Crippen LogP contribution in [-0.4, -0.2) is 51.9 Å². The summed E-state index contributed by atoms with van der Waals surface area (Å²) >= 11 is 4.85. The lowest BCUT2D eigenvalue weighted by atomic mass is 10.1. The molecule has 16 heteroatoms. The highest BCUT2D eigenvalue weighted by Crippen LogP contribution is 2.45. The maximum atomic E-state index is 11.6. The number of rotatable bonds is 9. The van der Waals surface area contributed by atoms with Crippen LogP contribution >= 0.6 is 24.7 Å². The van der Waals surface area contributed by atoms with E-state index in [1.165, 1.54) is 30.3 Å². The van der Waals surface area contributed by atoms with Crippen molar-refractivity contribution in [2.24, 2.45) is 10.2 Å². The lowest BCUT2D eigenvalue weighted by Gasteiger charge is -2.15. The molecule has 1 aromatic heterocycles. The van der Waals surface area contributed by atoms with Gasteiger partial charge >= 0.3 is 17.9 Å². The van der Waals surface area contributed by atoms with Crippen molar-refractivity contribution in [2.45, 2.75) is 9.79 Å². The second kappa shape index (κ2) is 12.2. The Bertz CT molecular complexity index is 1940. The van der Waals surface area contributed by atoms with Gasteiger partial charge in [-0.05, 0) is 47.9 Å². The molecule has 7 N–H and O–H groups in total. The summed E-state index contributed by atoms with van der Waals surface area (Å²) in [4.78, 5) is 35.6. The molecule has 0 atom stereocenters. The number of thiol groups is 1. The number of hydrogen-bond donors (Lipinski definition) is 8. The van der Waals surface area contributed by atoms with E-state index in [9.17, 15) is 34.6 Å². The van der Waals surface area contributed by atoms with E-state index in [0.29, 0.717) is 22.3 Å². The number of aromatic hydroxyl groups is 2. The Kier molecular flexibility index (Phi) is 8.24. The Balaban J connectivity index is 1.58. The number of azo groups is 1. The van der Waals surface area contributed by atoms with Gasteiger partial charge in [-0.2, -0.15) is 15.0 Å². The molecule has 0 saturated heterocycles. The van der Waals surface area contributed by atoms with E-state index in [-0.39, 0.29) is 61.8 Å². The van der Waals surface area contributed by atoms with Crippen LogP contribution in [0.25, 0.3) is 10.8 Å². The van der Waals surface area contributed by atoms with Crippen molar-refractivity contribution in [3.05, 3.63) is 77.9 Å². The Morgan fingerprint density at radius 1 is 0.791 bits per heavy atom. The lowest BCUT2D eigenvalue weighted by molar-refractivity contribution is 0.0687. The number of phenols is 1. The molecule has 0 saturated carbocycles. The second-order valence-electron chi connectivity index (χ2n) is 8.66. The van der Waals surface area contributed by atoms with Crippen LogP contribution in [0.3, 0.4) is 0 Å². The molecular weight excluding hydrogens is 598 g/mol. The van der Waals surface area contributed by atoms with Gasteiger partial charge in [0, 0.05) is 27.2 Å². The number of fused-ring (bicyclic) bond motifs is 1. The van der Waals surface area contributed by atoms with Crippen molar-refractivity contribution in [1.29, 1.82) is 0 Å². The van der Waals surface area contributed by atoms with Gasteiger partial charge in [-0.1, -0.05) is 24.3 Å². The number of hydrogen-bond acceptors (Lipinski definition) is 14. The molecular formula is C27H19N7O7S2. The first kappa shape index (κ1) is 29.1. The van der Waals surface area contributed by atoms with Crippen molar-refractivity contribution in [1.82, 2.24) is 15.0 Å². The molecule has 0 spiro atoms. The van der Waals surface area contributed by atoms with Gasteiger partial charge < -0.3 is 35.6 Å². The van der Waals surface area contributed by atoms with Crippen LogP contribution in [0.5, 0.6) is 11.8 Å². The molecule has 0 radical (unpaired) electrons. The average Bonchev–Trinajstić information content (AvgIpc) is 2.96. The molecule has 14 nitrogen and oxygen atoms in total. The number of nitrogens with zero attached hydrogens (tertiary/aromatic N) is 5. The summed E-state index contributed by atoms with van der Waals surface area (Å²) in [5.74, 6) is -3.16. The van der Waals surface area contributed by atoms with Crippen LogP contribution < -0.4 is 10.6 Å². The van der Waals surface area contributed by atoms with E-state index in [2.05, 4.69) is 48.4 Å². The van der Waals surface area contributed by atoms with Crippen molar-refractivity contribution < 1.29 is 34.6 Å². The Morgan fingerprint density at radius 2 is 1.42 bits per heavy atom. The quantitative estimate of drug-likeness (QED) is 0.0497. The van der Waals surface area contributed by atoms with E-state index >= 15 is 0 Å². The van der Waals surface area contributed by atoms with E-state index in [4.69, 9.17) is 0 Å². The minimum atomic E-state index is -1.20. The normalized spacial score (nSPS) is 11.1. The number of phenolic OH excluding ortho intramolecular Hbond substituents is 1. The number of anilines is 4. The molecule has 0 aliphatic rings. The average molecular weight is 618 g/mol. The molecule has 0 aliphatic heterocycles. The highest BCUT2D eigenvalue weighted by Gasteiger charge is 2.19. The fraction of sp³-hybridized carbons (Fsp3) is 0. The van der Waals surface area contributed by atoms with Gasteiger partial charge in [0.2, 0.25) is 11.9 Å². The molecule has 4 aromatic carbocycles. The fourth-order valence-corrected chi connectivity index (χ4v) is 4.70. The predicted molar refractivity (Wildman–Crippen MR) is 160 cm³/mol. The number of nitrogens with one attached hydrogen (secondary N) is 2. The third-order valence-corrected chi connectivity index (χ3v) is 6.70. The summed E-state index contributed by atoms with van der Waals surface area (Å²) in [5.41, 5.74) is 0.159. The highest BCUT2D eigenvalue weighted by molar-refractivity contribution is 7.93. The summed E-state index contributed by atoms with van der Waals surface area (Å²) in [6.45, 7) is 0. The van der Waals surface area contributed by atoms with Crippen LogP contribution in [0.1, 0.15) is 20.7 Å². The number of carbonyl (C=O) groups is 2.